The molecule has 0 fully saturated rings. The average molecular weight is 512 g/mol. The number of carbonyl (C=O) groups excluding carboxylic acids is 3. The average Bonchev–Trinajstić information content (AvgIpc) is 2.84. The highest BCUT2D eigenvalue weighted by Crippen LogP contribution is 2.18. The first-order chi connectivity index (χ1) is 17.5. The zero-order valence-electron chi connectivity index (χ0n) is 21.8. The Balaban J connectivity index is 2.26. The lowest BCUT2D eigenvalue weighted by atomic mass is 9.91. The lowest BCUT2D eigenvalue weighted by Gasteiger charge is -2.28. The van der Waals surface area contributed by atoms with Crippen molar-refractivity contribution in [3.63, 3.8) is 0 Å². The van der Waals surface area contributed by atoms with Crippen LogP contribution in [0.1, 0.15) is 44.7 Å². The number of benzene rings is 2. The first-order valence-corrected chi connectivity index (χ1v) is 12.3. The summed E-state index contributed by atoms with van der Waals surface area (Å²) in [6.07, 6.45) is 0.560. The van der Waals surface area contributed by atoms with Crippen molar-refractivity contribution < 1.29 is 29.0 Å². The molecule has 2 rings (SSSR count). The Morgan fingerprint density at radius 3 is 1.95 bits per heavy atom. The number of aryl methyl sites for hydroxylation is 1. The summed E-state index contributed by atoms with van der Waals surface area (Å²) in [5.74, 6) is -3.56. The number of carboxylic acid groups (broad SMARTS) is 1. The van der Waals surface area contributed by atoms with Crippen LogP contribution in [0, 0.1) is 5.92 Å². The Morgan fingerprint density at radius 1 is 0.865 bits per heavy atom. The summed E-state index contributed by atoms with van der Waals surface area (Å²) in [5.41, 5.74) is 1.03. The number of aliphatic carboxylic acids is 1. The van der Waals surface area contributed by atoms with Crippen molar-refractivity contribution in [2.24, 2.45) is 5.92 Å². The van der Waals surface area contributed by atoms with Gasteiger partial charge in [0.2, 0.25) is 11.8 Å². The van der Waals surface area contributed by atoms with Crippen molar-refractivity contribution in [2.45, 2.75) is 64.1 Å². The normalized spacial score (nSPS) is 13.5. The smallest absolute Gasteiger partial charge is 0.408 e. The Hall–Kier alpha value is -3.88. The molecule has 0 radical (unpaired) electrons. The highest BCUT2D eigenvalue weighted by molar-refractivity contribution is 5.92. The molecule has 3 amide bonds. The number of hydrogen-bond donors (Lipinski definition) is 4. The zero-order chi connectivity index (χ0) is 27.4. The zero-order valence-corrected chi connectivity index (χ0v) is 21.8. The van der Waals surface area contributed by atoms with Gasteiger partial charge >= 0.3 is 12.1 Å². The summed E-state index contributed by atoms with van der Waals surface area (Å²) < 4.78 is 5.23. The van der Waals surface area contributed by atoms with Crippen molar-refractivity contribution >= 4 is 23.9 Å². The summed E-state index contributed by atoms with van der Waals surface area (Å²) in [6.45, 7) is 4.97. The van der Waals surface area contributed by atoms with E-state index in [1.54, 1.807) is 20.8 Å². The SMILES string of the molecule is CNC(=O)[C@H](Cc1ccccc1)NC(=O)[C@H](CCCc1ccccc1)[C@@H](NC(=O)OC(C)(C)C)C(=O)O. The molecular weight excluding hydrogens is 474 g/mol. The van der Waals surface area contributed by atoms with Gasteiger partial charge in [0.15, 0.2) is 0 Å². The summed E-state index contributed by atoms with van der Waals surface area (Å²) in [7, 11) is 1.47. The number of carbonyl (C=O) groups is 4. The molecule has 37 heavy (non-hydrogen) atoms. The van der Waals surface area contributed by atoms with E-state index < -0.39 is 47.5 Å². The molecule has 0 unspecified atom stereocenters. The molecule has 3 atom stereocenters. The molecule has 0 heterocycles. The van der Waals surface area contributed by atoms with Gasteiger partial charge in [-0.3, -0.25) is 9.59 Å². The quantitative estimate of drug-likeness (QED) is 0.346. The van der Waals surface area contributed by atoms with Crippen molar-refractivity contribution in [3.05, 3.63) is 71.8 Å². The number of hydrogen-bond acceptors (Lipinski definition) is 5. The monoisotopic (exact) mass is 511 g/mol. The largest absolute Gasteiger partial charge is 0.480 e. The summed E-state index contributed by atoms with van der Waals surface area (Å²) in [4.78, 5) is 50.7. The van der Waals surface area contributed by atoms with Crippen LogP contribution in [0.2, 0.25) is 0 Å². The van der Waals surface area contributed by atoms with E-state index in [9.17, 15) is 24.3 Å². The van der Waals surface area contributed by atoms with Gasteiger partial charge in [0.05, 0.1) is 5.92 Å². The molecule has 0 saturated carbocycles. The van der Waals surface area contributed by atoms with Crippen molar-refractivity contribution in [2.75, 3.05) is 7.05 Å². The number of carboxylic acids is 1. The molecule has 2 aromatic rings. The van der Waals surface area contributed by atoms with Gasteiger partial charge in [-0.05, 0) is 51.2 Å². The van der Waals surface area contributed by atoms with E-state index in [-0.39, 0.29) is 12.8 Å². The first kappa shape index (κ1) is 29.4. The molecule has 0 bridgehead atoms. The number of nitrogens with one attached hydrogen (secondary N) is 3. The van der Waals surface area contributed by atoms with Crippen LogP contribution in [0.4, 0.5) is 4.79 Å². The van der Waals surface area contributed by atoms with Crippen molar-refractivity contribution in [3.8, 4) is 0 Å². The lowest BCUT2D eigenvalue weighted by molar-refractivity contribution is -0.144. The molecule has 2 aromatic carbocycles. The molecule has 0 aliphatic carbocycles. The van der Waals surface area contributed by atoms with E-state index >= 15 is 0 Å². The molecule has 0 spiro atoms. The summed E-state index contributed by atoms with van der Waals surface area (Å²) >= 11 is 0. The predicted molar refractivity (Wildman–Crippen MR) is 140 cm³/mol. The van der Waals surface area contributed by atoms with Crippen molar-refractivity contribution in [1.29, 1.82) is 0 Å². The summed E-state index contributed by atoms with van der Waals surface area (Å²) in [6, 6.07) is 16.3. The minimum Gasteiger partial charge on any atom is -0.480 e. The maximum atomic E-state index is 13.5. The standard InChI is InChI=1S/C28H37N3O6/c1-28(2,3)37-27(36)31-23(26(34)35)21(17-11-16-19-12-7-5-8-13-19)24(32)30-22(25(33)29-4)18-20-14-9-6-10-15-20/h5-10,12-15,21-23H,11,16-18H2,1-4H3,(H,29,33)(H,30,32)(H,31,36)(H,34,35)/t21-,22+,23-/m1/s1. The van der Waals surface area contributed by atoms with E-state index in [0.29, 0.717) is 12.8 Å². The predicted octanol–water partition coefficient (Wildman–Crippen LogP) is 3.08. The number of likely N-dealkylation sites (N-methyl/N-ethyl adjacent to an activating group) is 1. The molecule has 0 aliphatic heterocycles. The highest BCUT2D eigenvalue weighted by atomic mass is 16.6. The topological polar surface area (TPSA) is 134 Å². The van der Waals surface area contributed by atoms with Gasteiger partial charge in [0.25, 0.3) is 0 Å². The van der Waals surface area contributed by atoms with E-state index in [1.807, 2.05) is 60.7 Å². The third kappa shape index (κ3) is 10.3. The first-order valence-electron chi connectivity index (χ1n) is 12.3. The third-order valence-electron chi connectivity index (χ3n) is 5.66. The van der Waals surface area contributed by atoms with Gasteiger partial charge in [0.1, 0.15) is 17.7 Å². The molecule has 9 nitrogen and oxygen atoms in total. The van der Waals surface area contributed by atoms with E-state index in [1.165, 1.54) is 7.05 Å². The van der Waals surface area contributed by atoms with E-state index in [2.05, 4.69) is 16.0 Å². The van der Waals surface area contributed by atoms with Crippen LogP contribution in [0.5, 0.6) is 0 Å². The minimum absolute atomic E-state index is 0.166. The molecule has 0 aliphatic rings. The summed E-state index contributed by atoms with van der Waals surface area (Å²) in [5, 5.41) is 17.6. The Kier molecular flexibility index (Phi) is 11.1. The second-order valence-electron chi connectivity index (χ2n) is 9.81. The molecule has 0 saturated heterocycles. The van der Waals surface area contributed by atoms with Crippen LogP contribution in [0.3, 0.4) is 0 Å². The highest BCUT2D eigenvalue weighted by Gasteiger charge is 2.37. The number of ether oxygens (including phenoxy) is 1. The van der Waals surface area contributed by atoms with Crippen LogP contribution in [0.25, 0.3) is 0 Å². The minimum atomic E-state index is -1.55. The van der Waals surface area contributed by atoms with Gasteiger partial charge in [-0.1, -0.05) is 60.7 Å². The number of amides is 3. The number of alkyl carbamates (subject to hydrolysis) is 1. The van der Waals surface area contributed by atoms with Crippen molar-refractivity contribution in [1.82, 2.24) is 16.0 Å². The lowest BCUT2D eigenvalue weighted by Crippen LogP contribution is -2.55. The van der Waals surface area contributed by atoms with Crippen LogP contribution in [-0.4, -0.2) is 53.7 Å². The molecule has 200 valence electrons. The molecule has 9 heteroatoms. The fourth-order valence-corrected chi connectivity index (χ4v) is 3.90. The van der Waals surface area contributed by atoms with Crippen LogP contribution >= 0.6 is 0 Å². The van der Waals surface area contributed by atoms with Crippen LogP contribution in [0.15, 0.2) is 60.7 Å². The Labute approximate surface area is 218 Å². The van der Waals surface area contributed by atoms with E-state index in [0.717, 1.165) is 11.1 Å². The number of rotatable bonds is 12. The van der Waals surface area contributed by atoms with E-state index in [4.69, 9.17) is 4.74 Å². The molecule has 0 aromatic heterocycles. The van der Waals surface area contributed by atoms with Gasteiger partial charge in [-0.2, -0.15) is 0 Å². The fraction of sp³-hybridized carbons (Fsp3) is 0.429. The van der Waals surface area contributed by atoms with Gasteiger partial charge in [0, 0.05) is 13.5 Å². The van der Waals surface area contributed by atoms with Crippen LogP contribution in [-0.2, 0) is 32.0 Å². The van der Waals surface area contributed by atoms with Crippen LogP contribution < -0.4 is 16.0 Å². The molecule has 4 N–H and O–H groups in total. The molecular formula is C28H37N3O6. The second kappa shape index (κ2) is 14.0. The maximum absolute atomic E-state index is 13.5. The maximum Gasteiger partial charge on any atom is 0.408 e. The second-order valence-corrected chi connectivity index (χ2v) is 9.81. The fourth-order valence-electron chi connectivity index (χ4n) is 3.90. The van der Waals surface area contributed by atoms with Gasteiger partial charge in [-0.25, -0.2) is 9.59 Å². The third-order valence-corrected chi connectivity index (χ3v) is 5.66. The Bertz CT molecular complexity index is 1040. The van der Waals surface area contributed by atoms with Gasteiger partial charge in [-0.15, -0.1) is 0 Å². The van der Waals surface area contributed by atoms with Gasteiger partial charge < -0.3 is 25.8 Å². The Morgan fingerprint density at radius 2 is 1.43 bits per heavy atom.